The molecule has 1 atom stereocenters. The van der Waals surface area contributed by atoms with Crippen LogP contribution in [-0.2, 0) is 19.1 Å². The molecule has 0 bridgehead atoms. The van der Waals surface area contributed by atoms with Gasteiger partial charge in [-0.05, 0) is 26.0 Å². The number of methoxy groups -OCH3 is 2. The maximum Gasteiger partial charge on any atom is 0.338 e. The number of esters is 2. The molecule has 29 heavy (non-hydrogen) atoms. The van der Waals surface area contributed by atoms with E-state index in [9.17, 15) is 14.4 Å². The largest absolute Gasteiger partial charge is 0.493 e. The molecule has 1 aliphatic rings. The minimum atomic E-state index is -0.661. The van der Waals surface area contributed by atoms with E-state index in [1.54, 1.807) is 32.0 Å². The van der Waals surface area contributed by atoms with Crippen LogP contribution >= 0.6 is 0 Å². The first-order valence-electron chi connectivity index (χ1n) is 8.94. The molecular formula is C20H24N2O7. The SMILES string of the molecule is CCOC(=O)C1=C(COC(=O)/C=C/c2cccc(OC)c2OC)NC(=O)NC1C. The van der Waals surface area contributed by atoms with Crippen LogP contribution in [0.25, 0.3) is 6.08 Å². The van der Waals surface area contributed by atoms with Crippen molar-refractivity contribution in [2.24, 2.45) is 0 Å². The van der Waals surface area contributed by atoms with Gasteiger partial charge in [0.15, 0.2) is 11.5 Å². The molecule has 0 fully saturated rings. The summed E-state index contributed by atoms with van der Waals surface area (Å²) in [6.07, 6.45) is 2.74. The molecular weight excluding hydrogens is 380 g/mol. The summed E-state index contributed by atoms with van der Waals surface area (Å²) < 4.78 is 20.7. The van der Waals surface area contributed by atoms with Gasteiger partial charge in [-0.25, -0.2) is 14.4 Å². The molecule has 156 valence electrons. The Hall–Kier alpha value is -3.49. The quantitative estimate of drug-likeness (QED) is 0.502. The molecule has 0 saturated heterocycles. The van der Waals surface area contributed by atoms with Crippen molar-refractivity contribution >= 4 is 24.0 Å². The third kappa shape index (κ3) is 5.50. The third-order valence-electron chi connectivity index (χ3n) is 4.06. The predicted molar refractivity (Wildman–Crippen MR) is 104 cm³/mol. The molecule has 0 aliphatic carbocycles. The maximum atomic E-state index is 12.2. The molecule has 9 nitrogen and oxygen atoms in total. The van der Waals surface area contributed by atoms with Gasteiger partial charge in [-0.1, -0.05) is 12.1 Å². The van der Waals surface area contributed by atoms with E-state index in [-0.39, 0.29) is 24.5 Å². The zero-order valence-electron chi connectivity index (χ0n) is 16.7. The van der Waals surface area contributed by atoms with Crippen molar-refractivity contribution in [1.82, 2.24) is 10.6 Å². The molecule has 2 rings (SSSR count). The van der Waals surface area contributed by atoms with Gasteiger partial charge in [0.2, 0.25) is 0 Å². The molecule has 0 radical (unpaired) electrons. The van der Waals surface area contributed by atoms with Gasteiger partial charge in [0.05, 0.1) is 38.1 Å². The van der Waals surface area contributed by atoms with Gasteiger partial charge in [0, 0.05) is 11.6 Å². The van der Waals surface area contributed by atoms with Crippen LogP contribution in [0.4, 0.5) is 4.79 Å². The fourth-order valence-electron chi connectivity index (χ4n) is 2.79. The van der Waals surface area contributed by atoms with Crippen LogP contribution < -0.4 is 20.1 Å². The van der Waals surface area contributed by atoms with E-state index in [1.165, 1.54) is 26.4 Å². The van der Waals surface area contributed by atoms with Crippen LogP contribution in [0.2, 0.25) is 0 Å². The third-order valence-corrected chi connectivity index (χ3v) is 4.06. The smallest absolute Gasteiger partial charge is 0.338 e. The highest BCUT2D eigenvalue weighted by molar-refractivity contribution is 5.95. The number of hydrogen-bond acceptors (Lipinski definition) is 7. The Morgan fingerprint density at radius 2 is 1.93 bits per heavy atom. The molecule has 0 aromatic heterocycles. The topological polar surface area (TPSA) is 112 Å². The van der Waals surface area contributed by atoms with E-state index >= 15 is 0 Å². The fourth-order valence-corrected chi connectivity index (χ4v) is 2.79. The lowest BCUT2D eigenvalue weighted by Gasteiger charge is -2.26. The summed E-state index contributed by atoms with van der Waals surface area (Å²) in [7, 11) is 3.01. The lowest BCUT2D eigenvalue weighted by molar-refractivity contribution is -0.140. The van der Waals surface area contributed by atoms with E-state index in [2.05, 4.69) is 10.6 Å². The van der Waals surface area contributed by atoms with Crippen LogP contribution in [0, 0.1) is 0 Å². The van der Waals surface area contributed by atoms with Gasteiger partial charge in [0.1, 0.15) is 6.61 Å². The summed E-state index contributed by atoms with van der Waals surface area (Å²) in [4.78, 5) is 36.0. The second-order valence-corrected chi connectivity index (χ2v) is 5.96. The molecule has 9 heteroatoms. The molecule has 1 aliphatic heterocycles. The van der Waals surface area contributed by atoms with Crippen molar-refractivity contribution in [3.05, 3.63) is 41.1 Å². The first kappa shape index (κ1) is 21.8. The molecule has 1 unspecified atom stereocenters. The molecule has 2 N–H and O–H groups in total. The van der Waals surface area contributed by atoms with E-state index < -0.39 is 24.0 Å². The Morgan fingerprint density at radius 3 is 2.59 bits per heavy atom. The highest BCUT2D eigenvalue weighted by Crippen LogP contribution is 2.31. The van der Waals surface area contributed by atoms with Crippen LogP contribution in [0.15, 0.2) is 35.5 Å². The second-order valence-electron chi connectivity index (χ2n) is 5.96. The number of urea groups is 1. The Bertz CT molecular complexity index is 845. The molecule has 2 amide bonds. The van der Waals surface area contributed by atoms with Gasteiger partial charge < -0.3 is 29.6 Å². The van der Waals surface area contributed by atoms with Gasteiger partial charge in [-0.3, -0.25) is 0 Å². The average molecular weight is 404 g/mol. The van der Waals surface area contributed by atoms with Crippen molar-refractivity contribution in [3.63, 3.8) is 0 Å². The summed E-state index contributed by atoms with van der Waals surface area (Å²) in [6.45, 7) is 3.21. The number of nitrogens with one attached hydrogen (secondary N) is 2. The number of rotatable bonds is 8. The van der Waals surface area contributed by atoms with Crippen LogP contribution in [0.3, 0.4) is 0 Å². The minimum absolute atomic E-state index is 0.181. The number of amides is 2. The highest BCUT2D eigenvalue weighted by Gasteiger charge is 2.30. The van der Waals surface area contributed by atoms with E-state index in [0.717, 1.165) is 0 Å². The number of carbonyl (C=O) groups excluding carboxylic acids is 3. The van der Waals surface area contributed by atoms with Gasteiger partial charge in [-0.15, -0.1) is 0 Å². The lowest BCUT2D eigenvalue weighted by Crippen LogP contribution is -2.50. The molecule has 0 saturated carbocycles. The Balaban J connectivity index is 2.12. The fraction of sp³-hybridized carbons (Fsp3) is 0.350. The Labute approximate surface area is 168 Å². The Morgan fingerprint density at radius 1 is 1.17 bits per heavy atom. The van der Waals surface area contributed by atoms with E-state index in [4.69, 9.17) is 18.9 Å². The average Bonchev–Trinajstić information content (AvgIpc) is 2.69. The van der Waals surface area contributed by atoms with Crippen molar-refractivity contribution in [3.8, 4) is 11.5 Å². The molecule has 0 spiro atoms. The molecule has 1 heterocycles. The first-order valence-corrected chi connectivity index (χ1v) is 8.94. The number of hydrogen-bond donors (Lipinski definition) is 2. The summed E-state index contributed by atoms with van der Waals surface area (Å²) in [6, 6.07) is 4.18. The number of para-hydroxylation sites is 1. The van der Waals surface area contributed by atoms with Crippen LogP contribution in [0.1, 0.15) is 19.4 Å². The second kappa shape index (κ2) is 10.2. The van der Waals surface area contributed by atoms with Crippen molar-refractivity contribution in [2.45, 2.75) is 19.9 Å². The summed E-state index contributed by atoms with van der Waals surface area (Å²) in [5, 5.41) is 5.06. The summed E-state index contributed by atoms with van der Waals surface area (Å²) in [5.74, 6) is -0.245. The van der Waals surface area contributed by atoms with Crippen molar-refractivity contribution in [1.29, 1.82) is 0 Å². The summed E-state index contributed by atoms with van der Waals surface area (Å²) >= 11 is 0. The summed E-state index contributed by atoms with van der Waals surface area (Å²) in [5.41, 5.74) is 1.01. The number of benzene rings is 1. The Kier molecular flexibility index (Phi) is 7.64. The van der Waals surface area contributed by atoms with Crippen LogP contribution in [-0.4, -0.2) is 51.4 Å². The monoisotopic (exact) mass is 404 g/mol. The van der Waals surface area contributed by atoms with Gasteiger partial charge in [-0.2, -0.15) is 0 Å². The normalized spacial score (nSPS) is 16.1. The molecule has 1 aromatic carbocycles. The zero-order valence-corrected chi connectivity index (χ0v) is 16.7. The maximum absolute atomic E-state index is 12.2. The van der Waals surface area contributed by atoms with Gasteiger partial charge >= 0.3 is 18.0 Å². The number of carbonyl (C=O) groups is 3. The highest BCUT2D eigenvalue weighted by atomic mass is 16.5. The minimum Gasteiger partial charge on any atom is -0.493 e. The first-order chi connectivity index (χ1) is 13.9. The molecule has 1 aromatic rings. The van der Waals surface area contributed by atoms with Crippen molar-refractivity contribution < 1.29 is 33.3 Å². The van der Waals surface area contributed by atoms with E-state index in [0.29, 0.717) is 17.1 Å². The zero-order chi connectivity index (χ0) is 21.4. The van der Waals surface area contributed by atoms with Crippen molar-refractivity contribution in [2.75, 3.05) is 27.4 Å². The number of ether oxygens (including phenoxy) is 4. The van der Waals surface area contributed by atoms with Gasteiger partial charge in [0.25, 0.3) is 0 Å². The lowest BCUT2D eigenvalue weighted by atomic mass is 10.0. The van der Waals surface area contributed by atoms with E-state index in [1.807, 2.05) is 0 Å². The van der Waals surface area contributed by atoms with Crippen LogP contribution in [0.5, 0.6) is 11.5 Å². The standard InChI is InChI=1S/C20H24N2O7/c1-5-28-19(24)17-12(2)21-20(25)22-14(17)11-29-16(23)10-9-13-7-6-8-15(26-3)18(13)27-4/h6-10,12H,5,11H2,1-4H3,(H2,21,22,25)/b10-9+. The predicted octanol–water partition coefficient (Wildman–Crippen LogP) is 1.78.